The van der Waals surface area contributed by atoms with Gasteiger partial charge in [0.1, 0.15) is 12.4 Å². The third-order valence-electron chi connectivity index (χ3n) is 3.93. The Bertz CT molecular complexity index is 726. The molecule has 1 aromatic carbocycles. The van der Waals surface area contributed by atoms with E-state index in [1.807, 2.05) is 0 Å². The molecule has 5 nitrogen and oxygen atoms in total. The van der Waals surface area contributed by atoms with Crippen LogP contribution in [-0.4, -0.2) is 51.9 Å². The standard InChI is InChI=1S/C17H24N2O3S2/c1-14(17-6-5-13-23-17)19(4)11-12-22-15-7-9-16(10-8-15)24(20,21)18(2)3/h5-10,13-14H,11-12H2,1-4H3. The Morgan fingerprint density at radius 2 is 1.79 bits per heavy atom. The maximum atomic E-state index is 12.0. The monoisotopic (exact) mass is 368 g/mol. The van der Waals surface area contributed by atoms with Crippen molar-refractivity contribution in [2.45, 2.75) is 17.9 Å². The summed E-state index contributed by atoms with van der Waals surface area (Å²) in [6.45, 7) is 3.51. The zero-order chi connectivity index (χ0) is 17.7. The summed E-state index contributed by atoms with van der Waals surface area (Å²) in [4.78, 5) is 3.83. The van der Waals surface area contributed by atoms with E-state index in [4.69, 9.17) is 4.74 Å². The van der Waals surface area contributed by atoms with E-state index in [0.717, 1.165) is 6.54 Å². The molecule has 0 saturated carbocycles. The molecule has 0 radical (unpaired) electrons. The first kappa shape index (κ1) is 18.9. The second-order valence-corrected chi connectivity index (χ2v) is 8.91. The van der Waals surface area contributed by atoms with Crippen LogP contribution in [0.15, 0.2) is 46.7 Å². The number of likely N-dealkylation sites (N-methyl/N-ethyl adjacent to an activating group) is 1. The van der Waals surface area contributed by atoms with Gasteiger partial charge in [-0.05, 0) is 49.7 Å². The van der Waals surface area contributed by atoms with Crippen molar-refractivity contribution in [1.82, 2.24) is 9.21 Å². The Morgan fingerprint density at radius 3 is 2.33 bits per heavy atom. The first-order chi connectivity index (χ1) is 11.3. The van der Waals surface area contributed by atoms with Gasteiger partial charge in [-0.3, -0.25) is 4.90 Å². The Kier molecular flexibility index (Phi) is 6.40. The van der Waals surface area contributed by atoms with Gasteiger partial charge in [0.15, 0.2) is 0 Å². The number of ether oxygens (including phenoxy) is 1. The minimum Gasteiger partial charge on any atom is -0.492 e. The largest absolute Gasteiger partial charge is 0.492 e. The molecule has 0 bridgehead atoms. The molecule has 0 spiro atoms. The van der Waals surface area contributed by atoms with Crippen LogP contribution < -0.4 is 4.74 Å². The van der Waals surface area contributed by atoms with Gasteiger partial charge < -0.3 is 4.74 Å². The molecule has 1 unspecified atom stereocenters. The van der Waals surface area contributed by atoms with Crippen LogP contribution in [0.5, 0.6) is 5.75 Å². The highest BCUT2D eigenvalue weighted by molar-refractivity contribution is 7.89. The van der Waals surface area contributed by atoms with Crippen LogP contribution in [0.3, 0.4) is 0 Å². The van der Waals surface area contributed by atoms with Crippen LogP contribution in [0.1, 0.15) is 17.8 Å². The van der Waals surface area contributed by atoms with Crippen LogP contribution in [0.2, 0.25) is 0 Å². The third-order valence-corrected chi connectivity index (χ3v) is 6.80. The first-order valence-corrected chi connectivity index (χ1v) is 10.0. The number of sulfonamides is 1. The van der Waals surface area contributed by atoms with Crippen LogP contribution >= 0.6 is 11.3 Å². The lowest BCUT2D eigenvalue weighted by Crippen LogP contribution is -2.26. The molecule has 0 aliphatic carbocycles. The van der Waals surface area contributed by atoms with Crippen LogP contribution in [0.25, 0.3) is 0 Å². The van der Waals surface area contributed by atoms with Gasteiger partial charge in [0.2, 0.25) is 10.0 Å². The van der Waals surface area contributed by atoms with E-state index in [9.17, 15) is 8.42 Å². The van der Waals surface area contributed by atoms with Crippen molar-refractivity contribution in [2.24, 2.45) is 0 Å². The van der Waals surface area contributed by atoms with Crippen molar-refractivity contribution in [3.8, 4) is 5.75 Å². The molecule has 0 fully saturated rings. The van der Waals surface area contributed by atoms with Gasteiger partial charge in [0, 0.05) is 31.6 Å². The Hall–Kier alpha value is -1.41. The number of nitrogens with zero attached hydrogens (tertiary/aromatic N) is 2. The zero-order valence-electron chi connectivity index (χ0n) is 14.5. The van der Waals surface area contributed by atoms with Crippen molar-refractivity contribution >= 4 is 21.4 Å². The lowest BCUT2D eigenvalue weighted by atomic mass is 10.2. The highest BCUT2D eigenvalue weighted by Gasteiger charge is 2.17. The summed E-state index contributed by atoms with van der Waals surface area (Å²) in [6.07, 6.45) is 0. The average Bonchev–Trinajstić information content (AvgIpc) is 3.08. The summed E-state index contributed by atoms with van der Waals surface area (Å²) in [6, 6.07) is 11.1. The van der Waals surface area contributed by atoms with Crippen molar-refractivity contribution in [2.75, 3.05) is 34.3 Å². The lowest BCUT2D eigenvalue weighted by Gasteiger charge is -2.23. The molecule has 0 saturated heterocycles. The van der Waals surface area contributed by atoms with E-state index >= 15 is 0 Å². The summed E-state index contributed by atoms with van der Waals surface area (Å²) in [5, 5.41) is 2.08. The smallest absolute Gasteiger partial charge is 0.242 e. The van der Waals surface area contributed by atoms with Gasteiger partial charge >= 0.3 is 0 Å². The van der Waals surface area contributed by atoms with Crippen molar-refractivity contribution in [3.63, 3.8) is 0 Å². The maximum Gasteiger partial charge on any atom is 0.242 e. The van der Waals surface area contributed by atoms with E-state index in [2.05, 4.69) is 36.4 Å². The van der Waals surface area contributed by atoms with E-state index in [1.165, 1.54) is 23.3 Å². The molecule has 0 amide bonds. The minimum absolute atomic E-state index is 0.267. The topological polar surface area (TPSA) is 49.9 Å². The summed E-state index contributed by atoms with van der Waals surface area (Å²) in [7, 11) is 1.71. The second-order valence-electron chi connectivity index (χ2n) is 5.78. The molecule has 24 heavy (non-hydrogen) atoms. The SMILES string of the molecule is CC(c1cccs1)N(C)CCOc1ccc(S(=O)(=O)N(C)C)cc1. The average molecular weight is 369 g/mol. The number of hydrogen-bond acceptors (Lipinski definition) is 5. The Labute approximate surface area is 148 Å². The van der Waals surface area contributed by atoms with E-state index < -0.39 is 10.0 Å². The number of rotatable bonds is 8. The molecule has 0 N–H and O–H groups in total. The van der Waals surface area contributed by atoms with E-state index in [0.29, 0.717) is 18.4 Å². The number of thiophene rings is 1. The van der Waals surface area contributed by atoms with Gasteiger partial charge in [0.25, 0.3) is 0 Å². The maximum absolute atomic E-state index is 12.0. The molecule has 7 heteroatoms. The Morgan fingerprint density at radius 1 is 1.12 bits per heavy atom. The fraction of sp³-hybridized carbons (Fsp3) is 0.412. The molecule has 1 atom stereocenters. The van der Waals surface area contributed by atoms with E-state index in [1.54, 1.807) is 35.6 Å². The van der Waals surface area contributed by atoms with Crippen LogP contribution in [0.4, 0.5) is 0 Å². The molecule has 0 aliphatic rings. The van der Waals surface area contributed by atoms with Crippen LogP contribution in [-0.2, 0) is 10.0 Å². The Balaban J connectivity index is 1.87. The third kappa shape index (κ3) is 4.57. The molecule has 1 aromatic heterocycles. The van der Waals surface area contributed by atoms with Gasteiger partial charge in [-0.1, -0.05) is 6.07 Å². The van der Waals surface area contributed by atoms with Gasteiger partial charge in [-0.25, -0.2) is 12.7 Å². The number of hydrogen-bond donors (Lipinski definition) is 0. The summed E-state index contributed by atoms with van der Waals surface area (Å²) < 4.78 is 31.0. The predicted octanol–water partition coefficient (Wildman–Crippen LogP) is 3.07. The van der Waals surface area contributed by atoms with Gasteiger partial charge in [-0.15, -0.1) is 11.3 Å². The molecule has 0 aliphatic heterocycles. The molecule has 2 rings (SSSR count). The number of benzene rings is 1. The van der Waals surface area contributed by atoms with Crippen molar-refractivity contribution in [3.05, 3.63) is 46.7 Å². The summed E-state index contributed by atoms with van der Waals surface area (Å²) >= 11 is 1.75. The lowest BCUT2D eigenvalue weighted by molar-refractivity contribution is 0.202. The van der Waals surface area contributed by atoms with Gasteiger partial charge in [-0.2, -0.15) is 0 Å². The first-order valence-electron chi connectivity index (χ1n) is 7.71. The molecular weight excluding hydrogens is 344 g/mol. The highest BCUT2D eigenvalue weighted by atomic mass is 32.2. The van der Waals surface area contributed by atoms with Crippen LogP contribution in [0, 0.1) is 0 Å². The molecule has 1 heterocycles. The van der Waals surface area contributed by atoms with E-state index in [-0.39, 0.29) is 4.90 Å². The molecule has 132 valence electrons. The normalized spacial score (nSPS) is 13.4. The zero-order valence-corrected chi connectivity index (χ0v) is 16.1. The van der Waals surface area contributed by atoms with Crippen molar-refractivity contribution in [1.29, 1.82) is 0 Å². The second kappa shape index (κ2) is 8.11. The summed E-state index contributed by atoms with van der Waals surface area (Å²) in [5.74, 6) is 0.671. The highest BCUT2D eigenvalue weighted by Crippen LogP contribution is 2.23. The van der Waals surface area contributed by atoms with Gasteiger partial charge in [0.05, 0.1) is 4.90 Å². The molecule has 2 aromatic rings. The molecular formula is C17H24N2O3S2. The fourth-order valence-corrected chi connectivity index (χ4v) is 3.92. The quantitative estimate of drug-likeness (QED) is 0.718. The minimum atomic E-state index is -3.39. The summed E-state index contributed by atoms with van der Waals surface area (Å²) in [5.41, 5.74) is 0. The predicted molar refractivity (Wildman–Crippen MR) is 98.2 cm³/mol. The fourth-order valence-electron chi connectivity index (χ4n) is 2.17. The van der Waals surface area contributed by atoms with Crippen molar-refractivity contribution < 1.29 is 13.2 Å².